The van der Waals surface area contributed by atoms with Crippen molar-refractivity contribution < 1.29 is 14.3 Å². The minimum absolute atomic E-state index is 0.140. The summed E-state index contributed by atoms with van der Waals surface area (Å²) in [5.41, 5.74) is 0. The van der Waals surface area contributed by atoms with Gasteiger partial charge < -0.3 is 4.74 Å². The maximum atomic E-state index is 11.5. The Hall–Kier alpha value is -1.32. The zero-order chi connectivity index (χ0) is 11.3. The summed E-state index contributed by atoms with van der Waals surface area (Å²) in [5.74, 6) is -0.140. The van der Waals surface area contributed by atoms with E-state index in [9.17, 15) is 9.59 Å². The first-order valence-corrected chi connectivity index (χ1v) is 5.32. The lowest BCUT2D eigenvalue weighted by atomic mass is 10.2. The van der Waals surface area contributed by atoms with E-state index in [-0.39, 0.29) is 12.0 Å². The van der Waals surface area contributed by atoms with Crippen LogP contribution in [0.4, 0.5) is 4.79 Å². The third-order valence-electron chi connectivity index (χ3n) is 2.38. The number of likely N-dealkylation sites (tertiary alicyclic amines) is 1. The van der Waals surface area contributed by atoms with Crippen molar-refractivity contribution in [3.05, 3.63) is 12.7 Å². The van der Waals surface area contributed by atoms with Gasteiger partial charge in [0.2, 0.25) is 5.91 Å². The maximum Gasteiger partial charge on any atom is 0.417 e. The van der Waals surface area contributed by atoms with Crippen molar-refractivity contribution in [1.82, 2.24) is 4.90 Å². The molecule has 0 saturated carbocycles. The Morgan fingerprint density at radius 1 is 1.73 bits per heavy atom. The molecule has 1 heterocycles. The number of hydrogen-bond donors (Lipinski definition) is 0. The van der Waals surface area contributed by atoms with Gasteiger partial charge in [-0.05, 0) is 12.8 Å². The van der Waals surface area contributed by atoms with Gasteiger partial charge >= 0.3 is 6.09 Å². The molecule has 1 unspecified atom stereocenters. The molecule has 1 atom stereocenters. The summed E-state index contributed by atoms with van der Waals surface area (Å²) in [6.07, 6.45) is 3.63. The van der Waals surface area contributed by atoms with Crippen LogP contribution in [0.5, 0.6) is 0 Å². The average molecular weight is 211 g/mol. The first-order valence-electron chi connectivity index (χ1n) is 5.32. The van der Waals surface area contributed by atoms with Crippen molar-refractivity contribution in [2.45, 2.75) is 38.7 Å². The second-order valence-corrected chi connectivity index (χ2v) is 3.60. The van der Waals surface area contributed by atoms with Crippen LogP contribution in [0.25, 0.3) is 0 Å². The molecule has 1 aliphatic heterocycles. The maximum absolute atomic E-state index is 11.5. The zero-order valence-electron chi connectivity index (χ0n) is 9.07. The van der Waals surface area contributed by atoms with E-state index in [1.807, 2.05) is 6.92 Å². The molecule has 4 heteroatoms. The van der Waals surface area contributed by atoms with E-state index in [1.165, 1.54) is 4.90 Å². The molecule has 1 rings (SSSR count). The molecule has 0 N–H and O–H groups in total. The summed E-state index contributed by atoms with van der Waals surface area (Å²) in [5, 5.41) is 0. The number of imide groups is 1. The first-order chi connectivity index (χ1) is 7.19. The highest BCUT2D eigenvalue weighted by Gasteiger charge is 2.28. The average Bonchev–Trinajstić information content (AvgIpc) is 2.63. The minimum Gasteiger partial charge on any atom is -0.442 e. The van der Waals surface area contributed by atoms with Gasteiger partial charge in [0.1, 0.15) is 6.10 Å². The third kappa shape index (κ3) is 3.08. The topological polar surface area (TPSA) is 46.6 Å². The molecule has 1 fully saturated rings. The van der Waals surface area contributed by atoms with Gasteiger partial charge in [0.05, 0.1) is 0 Å². The first kappa shape index (κ1) is 11.8. The van der Waals surface area contributed by atoms with Gasteiger partial charge in [-0.1, -0.05) is 26.0 Å². The SMILES string of the molecule is C=CC(CCC)OC(=O)N1CCCC1=O. The fourth-order valence-corrected chi connectivity index (χ4v) is 1.54. The molecule has 15 heavy (non-hydrogen) atoms. The van der Waals surface area contributed by atoms with E-state index < -0.39 is 6.09 Å². The van der Waals surface area contributed by atoms with Gasteiger partial charge in [0.15, 0.2) is 0 Å². The number of carbonyl (C=O) groups excluding carboxylic acids is 2. The van der Waals surface area contributed by atoms with Crippen molar-refractivity contribution in [1.29, 1.82) is 0 Å². The Labute approximate surface area is 89.9 Å². The molecular weight excluding hydrogens is 194 g/mol. The molecule has 0 aromatic carbocycles. The lowest BCUT2D eigenvalue weighted by molar-refractivity contribution is -0.126. The van der Waals surface area contributed by atoms with Crippen LogP contribution in [0.3, 0.4) is 0 Å². The van der Waals surface area contributed by atoms with Crippen LogP contribution >= 0.6 is 0 Å². The molecule has 84 valence electrons. The fourth-order valence-electron chi connectivity index (χ4n) is 1.54. The number of amides is 2. The quantitative estimate of drug-likeness (QED) is 0.669. The van der Waals surface area contributed by atoms with Gasteiger partial charge in [0.25, 0.3) is 0 Å². The predicted octanol–water partition coefficient (Wildman–Crippen LogP) is 2.10. The molecule has 0 aromatic heterocycles. The lowest BCUT2D eigenvalue weighted by Crippen LogP contribution is -2.34. The molecule has 2 amide bonds. The Kier molecular flexibility index (Phi) is 4.34. The largest absolute Gasteiger partial charge is 0.442 e. The lowest BCUT2D eigenvalue weighted by Gasteiger charge is -2.18. The van der Waals surface area contributed by atoms with E-state index in [0.717, 1.165) is 19.3 Å². The Morgan fingerprint density at radius 2 is 2.47 bits per heavy atom. The highest BCUT2D eigenvalue weighted by Crippen LogP contribution is 2.13. The third-order valence-corrected chi connectivity index (χ3v) is 2.38. The highest BCUT2D eigenvalue weighted by atomic mass is 16.6. The van der Waals surface area contributed by atoms with Gasteiger partial charge in [-0.25, -0.2) is 9.69 Å². The predicted molar refractivity (Wildman–Crippen MR) is 56.3 cm³/mol. The number of nitrogens with zero attached hydrogens (tertiary/aromatic N) is 1. The molecule has 1 aliphatic rings. The molecule has 0 bridgehead atoms. The molecular formula is C11H17NO3. The summed E-state index contributed by atoms with van der Waals surface area (Å²) in [4.78, 5) is 24.0. The second kappa shape index (κ2) is 5.53. The van der Waals surface area contributed by atoms with Crippen LogP contribution < -0.4 is 0 Å². The summed E-state index contributed by atoms with van der Waals surface area (Å²) in [7, 11) is 0. The van der Waals surface area contributed by atoms with Crippen molar-refractivity contribution in [2.24, 2.45) is 0 Å². The van der Waals surface area contributed by atoms with Crippen LogP contribution in [0.15, 0.2) is 12.7 Å². The number of carbonyl (C=O) groups is 2. The molecule has 0 spiro atoms. The molecule has 0 aromatic rings. The van der Waals surface area contributed by atoms with E-state index in [1.54, 1.807) is 6.08 Å². The standard InChI is InChI=1S/C11H17NO3/c1-3-6-9(4-2)15-11(14)12-8-5-7-10(12)13/h4,9H,2-3,5-8H2,1H3. The van der Waals surface area contributed by atoms with Gasteiger partial charge in [-0.15, -0.1) is 0 Å². The van der Waals surface area contributed by atoms with Crippen LogP contribution in [0.2, 0.25) is 0 Å². The molecule has 4 nitrogen and oxygen atoms in total. The Bertz CT molecular complexity index is 263. The van der Waals surface area contributed by atoms with Crippen molar-refractivity contribution in [2.75, 3.05) is 6.54 Å². The van der Waals surface area contributed by atoms with E-state index in [4.69, 9.17) is 4.74 Å². The second-order valence-electron chi connectivity index (χ2n) is 3.60. The summed E-state index contributed by atoms with van der Waals surface area (Å²) in [6, 6.07) is 0. The fraction of sp³-hybridized carbons (Fsp3) is 0.636. The van der Waals surface area contributed by atoms with E-state index in [0.29, 0.717) is 13.0 Å². The molecule has 1 saturated heterocycles. The van der Waals surface area contributed by atoms with Crippen LogP contribution in [-0.2, 0) is 9.53 Å². The Balaban J connectivity index is 2.46. The molecule has 0 aliphatic carbocycles. The number of hydrogen-bond acceptors (Lipinski definition) is 3. The van der Waals surface area contributed by atoms with Crippen molar-refractivity contribution in [3.63, 3.8) is 0 Å². The monoisotopic (exact) mass is 211 g/mol. The Morgan fingerprint density at radius 3 is 2.93 bits per heavy atom. The van der Waals surface area contributed by atoms with Crippen LogP contribution in [0, 0.1) is 0 Å². The summed E-state index contributed by atoms with van der Waals surface area (Å²) >= 11 is 0. The van der Waals surface area contributed by atoms with Crippen molar-refractivity contribution in [3.8, 4) is 0 Å². The number of rotatable bonds is 4. The minimum atomic E-state index is -0.532. The smallest absolute Gasteiger partial charge is 0.417 e. The van der Waals surface area contributed by atoms with Gasteiger partial charge in [-0.3, -0.25) is 4.79 Å². The van der Waals surface area contributed by atoms with Gasteiger partial charge in [0, 0.05) is 13.0 Å². The highest BCUT2D eigenvalue weighted by molar-refractivity contribution is 5.93. The van der Waals surface area contributed by atoms with E-state index in [2.05, 4.69) is 6.58 Å². The number of ether oxygens (including phenoxy) is 1. The van der Waals surface area contributed by atoms with E-state index >= 15 is 0 Å². The summed E-state index contributed by atoms with van der Waals surface area (Å²) < 4.78 is 5.14. The van der Waals surface area contributed by atoms with Crippen molar-refractivity contribution >= 4 is 12.0 Å². The van der Waals surface area contributed by atoms with Crippen LogP contribution in [-0.4, -0.2) is 29.5 Å². The zero-order valence-corrected chi connectivity index (χ0v) is 9.07. The summed E-state index contributed by atoms with van der Waals surface area (Å²) in [6.45, 7) is 6.08. The normalized spacial score (nSPS) is 17.7. The van der Waals surface area contributed by atoms with Crippen LogP contribution in [0.1, 0.15) is 32.6 Å². The molecule has 0 radical (unpaired) electrons. The van der Waals surface area contributed by atoms with Gasteiger partial charge in [-0.2, -0.15) is 0 Å².